The lowest BCUT2D eigenvalue weighted by atomic mass is 10.0. The van der Waals surface area contributed by atoms with Crippen molar-refractivity contribution in [1.82, 2.24) is 10.6 Å². The number of nitrogens with one attached hydrogen (secondary N) is 2. The minimum absolute atomic E-state index is 0.0704. The van der Waals surface area contributed by atoms with E-state index in [0.29, 0.717) is 17.7 Å². The van der Waals surface area contributed by atoms with E-state index in [2.05, 4.69) is 10.6 Å². The fourth-order valence-corrected chi connectivity index (χ4v) is 3.58. The smallest absolute Gasteiger partial charge is 0.252 e. The van der Waals surface area contributed by atoms with E-state index >= 15 is 0 Å². The molecular formula is C30H28N2O4. The van der Waals surface area contributed by atoms with Gasteiger partial charge in [-0.05, 0) is 47.2 Å². The molecule has 36 heavy (non-hydrogen) atoms. The first-order chi connectivity index (χ1) is 17.5. The van der Waals surface area contributed by atoms with E-state index in [1.165, 1.54) is 6.08 Å². The van der Waals surface area contributed by atoms with E-state index in [1.807, 2.05) is 60.7 Å². The van der Waals surface area contributed by atoms with Crippen molar-refractivity contribution < 1.29 is 19.5 Å². The summed E-state index contributed by atoms with van der Waals surface area (Å²) in [6.07, 6.45) is 7.13. The van der Waals surface area contributed by atoms with Crippen molar-refractivity contribution in [3.63, 3.8) is 0 Å². The molecule has 1 saturated carbocycles. The van der Waals surface area contributed by atoms with Crippen LogP contribution >= 0.6 is 0 Å². The van der Waals surface area contributed by atoms with Gasteiger partial charge in [0.1, 0.15) is 6.61 Å². The molecule has 0 saturated heterocycles. The summed E-state index contributed by atoms with van der Waals surface area (Å²) >= 11 is 0. The lowest BCUT2D eigenvalue weighted by Crippen LogP contribution is -2.26. The molecule has 3 N–H and O–H groups in total. The van der Waals surface area contributed by atoms with Gasteiger partial charge in [-0.1, -0.05) is 78.9 Å². The van der Waals surface area contributed by atoms with Crippen LogP contribution in [0, 0.1) is 0 Å². The van der Waals surface area contributed by atoms with Crippen LogP contribution in [0.1, 0.15) is 45.5 Å². The molecule has 2 amide bonds. The molecule has 0 atom stereocenters. The van der Waals surface area contributed by atoms with Gasteiger partial charge in [0.2, 0.25) is 5.91 Å². The summed E-state index contributed by atoms with van der Waals surface area (Å²) in [6, 6.07) is 24.3. The maximum Gasteiger partial charge on any atom is 0.252 e. The van der Waals surface area contributed by atoms with Crippen molar-refractivity contribution >= 4 is 35.3 Å². The molecule has 1 fully saturated rings. The van der Waals surface area contributed by atoms with Crippen LogP contribution in [0.3, 0.4) is 0 Å². The summed E-state index contributed by atoms with van der Waals surface area (Å²) in [5, 5.41) is 14.8. The molecule has 3 aromatic rings. The summed E-state index contributed by atoms with van der Waals surface area (Å²) in [5.74, 6) is -0.649. The van der Waals surface area contributed by atoms with Crippen LogP contribution in [-0.2, 0) is 16.1 Å². The standard InChI is InChI=1S/C30H28N2O4/c33-20-28(34)25-13-10-23(11-14-25)19-31-29(35)17-12-21-6-8-22(9-7-21)18-27(24-4-2-1-3-5-24)30(36)32-26-15-16-26/h1-14,17-18,26,33H,15-16,19-20H2,(H,31,35)(H,32,36)/b17-12+,27-18+. The molecule has 182 valence electrons. The Kier molecular flexibility index (Phi) is 8.21. The van der Waals surface area contributed by atoms with Gasteiger partial charge >= 0.3 is 0 Å². The fourth-order valence-electron chi connectivity index (χ4n) is 3.58. The molecule has 0 bridgehead atoms. The molecule has 6 heteroatoms. The Hall–Kier alpha value is -4.29. The first-order valence-corrected chi connectivity index (χ1v) is 11.9. The van der Waals surface area contributed by atoms with E-state index < -0.39 is 6.61 Å². The number of ketones is 1. The van der Waals surface area contributed by atoms with Gasteiger partial charge in [0, 0.05) is 29.8 Å². The Morgan fingerprint density at radius 1 is 0.833 bits per heavy atom. The Balaban J connectivity index is 1.36. The fraction of sp³-hybridized carbons (Fsp3) is 0.167. The molecule has 3 aromatic carbocycles. The summed E-state index contributed by atoms with van der Waals surface area (Å²) in [6.45, 7) is -0.201. The largest absolute Gasteiger partial charge is 0.388 e. The number of benzene rings is 3. The quantitative estimate of drug-likeness (QED) is 0.232. The minimum Gasteiger partial charge on any atom is -0.388 e. The van der Waals surface area contributed by atoms with E-state index in [1.54, 1.807) is 30.3 Å². The van der Waals surface area contributed by atoms with E-state index in [-0.39, 0.29) is 23.6 Å². The summed E-state index contributed by atoms with van der Waals surface area (Å²) in [7, 11) is 0. The third-order valence-corrected chi connectivity index (χ3v) is 5.80. The third-order valence-electron chi connectivity index (χ3n) is 5.80. The molecule has 0 heterocycles. The number of aliphatic hydroxyl groups is 1. The van der Waals surface area contributed by atoms with E-state index in [0.717, 1.165) is 35.1 Å². The Morgan fingerprint density at radius 3 is 2.14 bits per heavy atom. The van der Waals surface area contributed by atoms with Crippen molar-refractivity contribution in [1.29, 1.82) is 0 Å². The zero-order chi connectivity index (χ0) is 25.3. The highest BCUT2D eigenvalue weighted by atomic mass is 16.3. The number of hydrogen-bond donors (Lipinski definition) is 3. The number of Topliss-reactive ketones (excluding diaryl/α,β-unsaturated/α-hetero) is 1. The SMILES string of the molecule is O=C(/C=C/c1ccc(/C=C(/C(=O)NC2CC2)c2ccccc2)cc1)NCc1ccc(C(=O)CO)cc1. The second kappa shape index (κ2) is 11.9. The average molecular weight is 481 g/mol. The number of amides is 2. The Morgan fingerprint density at radius 2 is 1.50 bits per heavy atom. The molecule has 4 rings (SSSR count). The molecule has 0 aliphatic heterocycles. The van der Waals surface area contributed by atoms with Crippen LogP contribution in [0.4, 0.5) is 0 Å². The Labute approximate surface area is 210 Å². The van der Waals surface area contributed by atoms with E-state index in [9.17, 15) is 14.4 Å². The van der Waals surface area contributed by atoms with Gasteiger partial charge < -0.3 is 15.7 Å². The first kappa shape index (κ1) is 24.8. The predicted molar refractivity (Wildman–Crippen MR) is 141 cm³/mol. The molecular weight excluding hydrogens is 452 g/mol. The second-order valence-electron chi connectivity index (χ2n) is 8.67. The topological polar surface area (TPSA) is 95.5 Å². The number of rotatable bonds is 10. The highest BCUT2D eigenvalue weighted by molar-refractivity contribution is 6.24. The third kappa shape index (κ3) is 7.10. The normalized spacial score (nSPS) is 13.4. The lowest BCUT2D eigenvalue weighted by molar-refractivity contribution is -0.117. The molecule has 1 aliphatic rings. The van der Waals surface area contributed by atoms with Gasteiger partial charge in [0.25, 0.3) is 5.91 Å². The number of hydrogen-bond acceptors (Lipinski definition) is 4. The highest BCUT2D eigenvalue weighted by Crippen LogP contribution is 2.23. The predicted octanol–water partition coefficient (Wildman–Crippen LogP) is 4.01. The summed E-state index contributed by atoms with van der Waals surface area (Å²) in [5.41, 5.74) is 4.53. The van der Waals surface area contributed by atoms with Crippen molar-refractivity contribution in [2.24, 2.45) is 0 Å². The monoisotopic (exact) mass is 480 g/mol. The molecule has 0 spiro atoms. The molecule has 0 radical (unpaired) electrons. The molecule has 0 unspecified atom stereocenters. The van der Waals surface area contributed by atoms with E-state index in [4.69, 9.17) is 5.11 Å². The van der Waals surface area contributed by atoms with Gasteiger partial charge in [0.05, 0.1) is 0 Å². The van der Waals surface area contributed by atoms with Gasteiger partial charge in [-0.15, -0.1) is 0 Å². The van der Waals surface area contributed by atoms with Crippen LogP contribution in [-0.4, -0.2) is 35.4 Å². The Bertz CT molecular complexity index is 1270. The zero-order valence-corrected chi connectivity index (χ0v) is 19.8. The van der Waals surface area contributed by atoms with Gasteiger partial charge in [0.15, 0.2) is 5.78 Å². The van der Waals surface area contributed by atoms with Gasteiger partial charge in [-0.25, -0.2) is 0 Å². The maximum absolute atomic E-state index is 12.8. The second-order valence-corrected chi connectivity index (χ2v) is 8.67. The zero-order valence-electron chi connectivity index (χ0n) is 19.8. The number of aliphatic hydroxyl groups excluding tert-OH is 1. The summed E-state index contributed by atoms with van der Waals surface area (Å²) < 4.78 is 0. The number of carbonyl (C=O) groups excluding carboxylic acids is 3. The first-order valence-electron chi connectivity index (χ1n) is 11.9. The van der Waals surface area contributed by atoms with Crippen molar-refractivity contribution in [2.45, 2.75) is 25.4 Å². The minimum atomic E-state index is -0.526. The van der Waals surface area contributed by atoms with Crippen molar-refractivity contribution in [2.75, 3.05) is 6.61 Å². The van der Waals surface area contributed by atoms with Crippen LogP contribution in [0.2, 0.25) is 0 Å². The highest BCUT2D eigenvalue weighted by Gasteiger charge is 2.25. The van der Waals surface area contributed by atoms with Crippen LogP contribution in [0.15, 0.2) is 84.9 Å². The maximum atomic E-state index is 12.8. The average Bonchev–Trinajstić information content (AvgIpc) is 3.74. The van der Waals surface area contributed by atoms with Gasteiger partial charge in [-0.3, -0.25) is 14.4 Å². The molecule has 1 aliphatic carbocycles. The van der Waals surface area contributed by atoms with Crippen molar-refractivity contribution in [3.8, 4) is 0 Å². The lowest BCUT2D eigenvalue weighted by Gasteiger charge is -2.09. The van der Waals surface area contributed by atoms with Crippen LogP contribution in [0.25, 0.3) is 17.7 Å². The van der Waals surface area contributed by atoms with Crippen LogP contribution in [0.5, 0.6) is 0 Å². The van der Waals surface area contributed by atoms with Gasteiger partial charge in [-0.2, -0.15) is 0 Å². The number of carbonyl (C=O) groups is 3. The summed E-state index contributed by atoms with van der Waals surface area (Å²) in [4.78, 5) is 36.5. The van der Waals surface area contributed by atoms with Crippen LogP contribution < -0.4 is 10.6 Å². The molecule has 6 nitrogen and oxygen atoms in total. The van der Waals surface area contributed by atoms with Crippen molar-refractivity contribution in [3.05, 3.63) is 113 Å². The molecule has 0 aromatic heterocycles.